The van der Waals surface area contributed by atoms with E-state index < -0.39 is 0 Å². The van der Waals surface area contributed by atoms with Gasteiger partial charge < -0.3 is 15.0 Å². The zero-order chi connectivity index (χ0) is 15.9. The average Bonchev–Trinajstić information content (AvgIpc) is 2.50. The highest BCUT2D eigenvalue weighted by Crippen LogP contribution is 2.04. The second-order valence-corrected chi connectivity index (χ2v) is 5.00. The first-order valence-electron chi connectivity index (χ1n) is 7.82. The summed E-state index contributed by atoms with van der Waals surface area (Å²) in [5.41, 5.74) is 0.180. The first-order chi connectivity index (χ1) is 10.2. The van der Waals surface area contributed by atoms with Gasteiger partial charge in [-0.25, -0.2) is 0 Å². The Labute approximate surface area is 129 Å². The van der Waals surface area contributed by atoms with Gasteiger partial charge in [0.2, 0.25) is 0 Å². The summed E-state index contributed by atoms with van der Waals surface area (Å²) in [7, 11) is 1.63. The number of rotatable bonds is 12. The third-order valence-corrected chi connectivity index (χ3v) is 3.09. The topological polar surface area (TPSA) is 65.4 Å². The highest BCUT2D eigenvalue weighted by Gasteiger charge is 2.10. The van der Waals surface area contributed by atoms with Gasteiger partial charge in [-0.15, -0.1) is 0 Å². The smallest absolute Gasteiger partial charge is 0.263 e. The summed E-state index contributed by atoms with van der Waals surface area (Å²) in [6, 6.07) is 2.00. The van der Waals surface area contributed by atoms with E-state index in [1.54, 1.807) is 13.3 Å². The number of nitriles is 1. The Morgan fingerprint density at radius 1 is 1.24 bits per heavy atom. The summed E-state index contributed by atoms with van der Waals surface area (Å²) in [5, 5.41) is 11.9. The number of amides is 1. The van der Waals surface area contributed by atoms with Crippen LogP contribution in [0.25, 0.3) is 0 Å². The van der Waals surface area contributed by atoms with Crippen molar-refractivity contribution in [3.63, 3.8) is 0 Å². The van der Waals surface area contributed by atoms with Gasteiger partial charge in [0.15, 0.2) is 0 Å². The zero-order valence-corrected chi connectivity index (χ0v) is 13.7. The van der Waals surface area contributed by atoms with Crippen LogP contribution in [-0.2, 0) is 9.53 Å². The monoisotopic (exact) mass is 295 g/mol. The summed E-state index contributed by atoms with van der Waals surface area (Å²) in [6.07, 6.45) is 6.78. The number of carbonyl (C=O) groups is 1. The van der Waals surface area contributed by atoms with Crippen LogP contribution in [0.15, 0.2) is 11.8 Å². The van der Waals surface area contributed by atoms with Gasteiger partial charge in [-0.3, -0.25) is 4.79 Å². The van der Waals surface area contributed by atoms with E-state index in [1.165, 1.54) is 0 Å². The maximum absolute atomic E-state index is 12.0. The number of ether oxygens (including phenoxy) is 1. The molecule has 0 saturated carbocycles. The number of unbranched alkanes of at least 4 members (excludes halogenated alkanes) is 2. The predicted molar refractivity (Wildman–Crippen MR) is 84.6 cm³/mol. The summed E-state index contributed by atoms with van der Waals surface area (Å²) in [4.78, 5) is 14.0. The Bertz CT molecular complexity index is 340. The third-order valence-electron chi connectivity index (χ3n) is 3.09. The fourth-order valence-corrected chi connectivity index (χ4v) is 1.80. The second kappa shape index (κ2) is 13.4. The van der Waals surface area contributed by atoms with Gasteiger partial charge in [0, 0.05) is 39.6 Å². The highest BCUT2D eigenvalue weighted by atomic mass is 16.5. The van der Waals surface area contributed by atoms with E-state index in [0.717, 1.165) is 45.2 Å². The van der Waals surface area contributed by atoms with Crippen molar-refractivity contribution in [1.82, 2.24) is 10.2 Å². The predicted octanol–water partition coefficient (Wildman–Crippen LogP) is 2.45. The largest absolute Gasteiger partial charge is 0.385 e. The quantitative estimate of drug-likeness (QED) is 0.341. The number of nitrogens with one attached hydrogen (secondary N) is 1. The van der Waals surface area contributed by atoms with E-state index in [4.69, 9.17) is 10.00 Å². The van der Waals surface area contributed by atoms with Crippen LogP contribution in [0.1, 0.15) is 46.0 Å². The molecule has 5 nitrogen and oxygen atoms in total. The van der Waals surface area contributed by atoms with Crippen molar-refractivity contribution < 1.29 is 9.53 Å². The maximum atomic E-state index is 12.0. The van der Waals surface area contributed by atoms with Crippen LogP contribution in [0.2, 0.25) is 0 Å². The standard InChI is InChI=1S/C16H29N3O2/c1-4-6-10-19(11-7-5-2)14-15(13-17)16(20)18-9-8-12-21-3/h14H,4-12H2,1-3H3,(H,18,20)/b15-14-. The molecule has 0 bridgehead atoms. The lowest BCUT2D eigenvalue weighted by Gasteiger charge is -2.20. The molecule has 0 heterocycles. The van der Waals surface area contributed by atoms with Crippen LogP contribution < -0.4 is 5.32 Å². The Kier molecular flexibility index (Phi) is 12.5. The molecule has 1 amide bonds. The average molecular weight is 295 g/mol. The zero-order valence-electron chi connectivity index (χ0n) is 13.7. The van der Waals surface area contributed by atoms with E-state index in [9.17, 15) is 4.79 Å². The molecule has 5 heteroatoms. The van der Waals surface area contributed by atoms with Crippen LogP contribution in [0.4, 0.5) is 0 Å². The minimum Gasteiger partial charge on any atom is -0.385 e. The van der Waals surface area contributed by atoms with Gasteiger partial charge in [-0.1, -0.05) is 26.7 Å². The number of nitrogens with zero attached hydrogens (tertiary/aromatic N) is 2. The van der Waals surface area contributed by atoms with Crippen molar-refractivity contribution in [1.29, 1.82) is 5.26 Å². The fourth-order valence-electron chi connectivity index (χ4n) is 1.80. The first-order valence-corrected chi connectivity index (χ1v) is 7.82. The molecule has 0 aliphatic rings. The molecule has 1 N–H and O–H groups in total. The van der Waals surface area contributed by atoms with Gasteiger partial charge in [0.1, 0.15) is 11.6 Å². The third kappa shape index (κ3) is 9.91. The van der Waals surface area contributed by atoms with Crippen molar-refractivity contribution in [2.45, 2.75) is 46.0 Å². The van der Waals surface area contributed by atoms with E-state index in [-0.39, 0.29) is 11.5 Å². The molecule has 0 aromatic carbocycles. The molecule has 0 aliphatic carbocycles. The summed E-state index contributed by atoms with van der Waals surface area (Å²) < 4.78 is 4.92. The molecular formula is C16H29N3O2. The van der Waals surface area contributed by atoms with Gasteiger partial charge >= 0.3 is 0 Å². The van der Waals surface area contributed by atoms with Crippen molar-refractivity contribution in [2.75, 3.05) is 33.4 Å². The van der Waals surface area contributed by atoms with Crippen LogP contribution in [0.3, 0.4) is 0 Å². The Hall–Kier alpha value is -1.54. The lowest BCUT2D eigenvalue weighted by Crippen LogP contribution is -2.28. The van der Waals surface area contributed by atoms with Crippen LogP contribution in [-0.4, -0.2) is 44.2 Å². The lowest BCUT2D eigenvalue weighted by atomic mass is 10.2. The van der Waals surface area contributed by atoms with E-state index in [2.05, 4.69) is 24.1 Å². The van der Waals surface area contributed by atoms with Crippen LogP contribution >= 0.6 is 0 Å². The molecule has 0 fully saturated rings. The van der Waals surface area contributed by atoms with Crippen LogP contribution in [0.5, 0.6) is 0 Å². The van der Waals surface area contributed by atoms with Gasteiger partial charge in [-0.05, 0) is 19.3 Å². The van der Waals surface area contributed by atoms with Gasteiger partial charge in [0.25, 0.3) is 5.91 Å². The van der Waals surface area contributed by atoms with E-state index >= 15 is 0 Å². The maximum Gasteiger partial charge on any atom is 0.263 e. The van der Waals surface area contributed by atoms with E-state index in [1.807, 2.05) is 6.07 Å². The van der Waals surface area contributed by atoms with Crippen molar-refractivity contribution in [3.05, 3.63) is 11.8 Å². The molecule has 0 unspecified atom stereocenters. The Morgan fingerprint density at radius 2 is 1.86 bits per heavy atom. The number of hydrogen-bond donors (Lipinski definition) is 1. The number of hydrogen-bond acceptors (Lipinski definition) is 4. The SMILES string of the molecule is CCCCN(/C=C(/C#N)C(=O)NCCCOC)CCCC. The molecule has 0 aromatic heterocycles. The molecule has 0 spiro atoms. The normalized spacial score (nSPS) is 11.0. The molecule has 120 valence electrons. The summed E-state index contributed by atoms with van der Waals surface area (Å²) in [6.45, 7) is 7.17. The van der Waals surface area contributed by atoms with Crippen molar-refractivity contribution in [2.24, 2.45) is 0 Å². The molecule has 0 saturated heterocycles. The molecular weight excluding hydrogens is 266 g/mol. The van der Waals surface area contributed by atoms with Gasteiger partial charge in [0.05, 0.1) is 0 Å². The van der Waals surface area contributed by atoms with Gasteiger partial charge in [-0.2, -0.15) is 5.26 Å². The summed E-state index contributed by atoms with van der Waals surface area (Å²) >= 11 is 0. The minimum absolute atomic E-state index is 0.180. The molecule has 0 radical (unpaired) electrons. The molecule has 0 aliphatic heterocycles. The molecule has 21 heavy (non-hydrogen) atoms. The molecule has 0 rings (SSSR count). The second-order valence-electron chi connectivity index (χ2n) is 5.00. The number of methoxy groups -OCH3 is 1. The Morgan fingerprint density at radius 3 is 2.33 bits per heavy atom. The first kappa shape index (κ1) is 19.5. The minimum atomic E-state index is -0.299. The van der Waals surface area contributed by atoms with E-state index in [0.29, 0.717) is 13.2 Å². The van der Waals surface area contributed by atoms with Crippen molar-refractivity contribution >= 4 is 5.91 Å². The molecule has 0 atom stereocenters. The summed E-state index contributed by atoms with van der Waals surface area (Å²) in [5.74, 6) is -0.299. The highest BCUT2D eigenvalue weighted by molar-refractivity contribution is 5.97. The fraction of sp³-hybridized carbons (Fsp3) is 0.750. The van der Waals surface area contributed by atoms with Crippen molar-refractivity contribution in [3.8, 4) is 6.07 Å². The van der Waals surface area contributed by atoms with Crippen LogP contribution in [0, 0.1) is 11.3 Å². The lowest BCUT2D eigenvalue weighted by molar-refractivity contribution is -0.117. The number of carbonyl (C=O) groups excluding carboxylic acids is 1. The molecule has 0 aromatic rings. The Balaban J connectivity index is 4.52.